The number of rotatable bonds is 6. The fourth-order valence-electron chi connectivity index (χ4n) is 4.07. The third kappa shape index (κ3) is 4.78. The van der Waals surface area contributed by atoms with Crippen molar-refractivity contribution in [3.8, 4) is 0 Å². The van der Waals surface area contributed by atoms with E-state index < -0.39 is 0 Å². The van der Waals surface area contributed by atoms with Crippen LogP contribution in [0.1, 0.15) is 36.2 Å². The number of nitrogens with zero attached hydrogens (tertiary/aromatic N) is 4. The van der Waals surface area contributed by atoms with E-state index in [0.29, 0.717) is 22.8 Å². The van der Waals surface area contributed by atoms with Gasteiger partial charge in [-0.3, -0.25) is 9.78 Å². The van der Waals surface area contributed by atoms with E-state index in [1.165, 1.54) is 6.20 Å². The molecule has 1 fully saturated rings. The van der Waals surface area contributed by atoms with E-state index in [9.17, 15) is 4.79 Å². The number of pyridine rings is 1. The number of nitrogens with two attached hydrogens (primary N) is 1. The van der Waals surface area contributed by atoms with Gasteiger partial charge in [0.15, 0.2) is 11.3 Å². The van der Waals surface area contributed by atoms with Crippen LogP contribution in [0.25, 0.3) is 5.65 Å². The Morgan fingerprint density at radius 3 is 2.55 bits per heavy atom. The van der Waals surface area contributed by atoms with Gasteiger partial charge in [-0.2, -0.15) is 0 Å². The average Bonchev–Trinajstić information content (AvgIpc) is 3.26. The van der Waals surface area contributed by atoms with Gasteiger partial charge >= 0.3 is 0 Å². The number of anilines is 4. The van der Waals surface area contributed by atoms with Crippen LogP contribution in [0, 0.1) is 0 Å². The molecule has 0 radical (unpaired) electrons. The molecular weight excluding hydrogens is 416 g/mol. The first kappa shape index (κ1) is 20.9. The molecule has 0 atom stereocenters. The van der Waals surface area contributed by atoms with Gasteiger partial charge in [-0.15, -0.1) is 5.10 Å². The zero-order valence-electron chi connectivity index (χ0n) is 18.1. The van der Waals surface area contributed by atoms with Crippen LogP contribution in [-0.4, -0.2) is 37.6 Å². The number of carbonyl (C=O) groups excluding carboxylic acids is 1. The van der Waals surface area contributed by atoms with E-state index in [0.717, 1.165) is 37.1 Å². The summed E-state index contributed by atoms with van der Waals surface area (Å²) in [6.07, 6.45) is 8.73. The van der Waals surface area contributed by atoms with Crippen molar-refractivity contribution < 1.29 is 4.79 Å². The number of hydrogen-bond acceptors (Lipinski definition) is 7. The van der Waals surface area contributed by atoms with E-state index in [1.807, 2.05) is 36.4 Å². The van der Waals surface area contributed by atoms with Gasteiger partial charge in [-0.05, 0) is 49.9 Å². The Balaban J connectivity index is 1.49. The molecule has 33 heavy (non-hydrogen) atoms. The molecule has 0 bridgehead atoms. The van der Waals surface area contributed by atoms with Gasteiger partial charge in [-0.25, -0.2) is 9.50 Å². The minimum absolute atomic E-state index is 0.269. The minimum atomic E-state index is -0.311. The van der Waals surface area contributed by atoms with Gasteiger partial charge in [0.05, 0.1) is 23.8 Å². The topological polar surface area (TPSA) is 122 Å². The van der Waals surface area contributed by atoms with Gasteiger partial charge < -0.3 is 21.7 Å². The van der Waals surface area contributed by atoms with Crippen molar-refractivity contribution in [2.24, 2.45) is 5.73 Å². The number of nitrogens with one attached hydrogen (secondary N) is 3. The number of aromatic nitrogens is 4. The molecule has 9 nitrogen and oxygen atoms in total. The van der Waals surface area contributed by atoms with E-state index >= 15 is 0 Å². The maximum Gasteiger partial charge on any atom is 0.276 e. The van der Waals surface area contributed by atoms with Crippen LogP contribution < -0.4 is 21.7 Å². The lowest BCUT2D eigenvalue weighted by Gasteiger charge is -2.27. The van der Waals surface area contributed by atoms with Crippen molar-refractivity contribution in [1.29, 1.82) is 0 Å². The summed E-state index contributed by atoms with van der Waals surface area (Å²) < 4.78 is 1.58. The second-order valence-electron chi connectivity index (χ2n) is 8.26. The molecule has 1 aliphatic rings. The molecule has 1 aromatic carbocycles. The van der Waals surface area contributed by atoms with Crippen LogP contribution in [0.15, 0.2) is 67.1 Å². The van der Waals surface area contributed by atoms with Crippen molar-refractivity contribution in [3.05, 3.63) is 72.8 Å². The summed E-state index contributed by atoms with van der Waals surface area (Å²) in [6, 6.07) is 15.9. The zero-order chi connectivity index (χ0) is 22.6. The summed E-state index contributed by atoms with van der Waals surface area (Å²) in [5, 5.41) is 14.5. The largest absolute Gasteiger partial charge is 0.366 e. The summed E-state index contributed by atoms with van der Waals surface area (Å²) in [4.78, 5) is 21.5. The normalized spacial score (nSPS) is 18.1. The highest BCUT2D eigenvalue weighted by Crippen LogP contribution is 2.27. The fraction of sp³-hybridized carbons (Fsp3) is 0.250. The first-order chi connectivity index (χ1) is 16.2. The molecular formula is C24H26N8O. The SMILES string of the molecule is NC1CCC(Nc2cc(Nc3ccccc3)c3ncc(C(=O)Nc4cccnc4)n3n2)CC1. The van der Waals surface area contributed by atoms with Gasteiger partial charge in [0.2, 0.25) is 0 Å². The maximum atomic E-state index is 13.0. The predicted molar refractivity (Wildman–Crippen MR) is 129 cm³/mol. The molecule has 9 heteroatoms. The maximum absolute atomic E-state index is 13.0. The highest BCUT2D eigenvalue weighted by atomic mass is 16.2. The number of benzene rings is 1. The number of carbonyl (C=O) groups is 1. The Hall–Kier alpha value is -3.98. The number of fused-ring (bicyclic) bond motifs is 1. The van der Waals surface area contributed by atoms with Gasteiger partial charge in [-0.1, -0.05) is 18.2 Å². The second kappa shape index (κ2) is 9.25. The zero-order valence-corrected chi connectivity index (χ0v) is 18.1. The molecule has 0 aliphatic heterocycles. The quantitative estimate of drug-likeness (QED) is 0.358. The Labute approximate surface area is 191 Å². The van der Waals surface area contributed by atoms with Crippen molar-refractivity contribution in [2.45, 2.75) is 37.8 Å². The molecule has 3 heterocycles. The molecule has 168 valence electrons. The van der Waals surface area contributed by atoms with Gasteiger partial charge in [0.25, 0.3) is 5.91 Å². The molecule has 1 saturated carbocycles. The average molecular weight is 443 g/mol. The number of imidazole rings is 1. The van der Waals surface area contributed by atoms with Crippen molar-refractivity contribution in [3.63, 3.8) is 0 Å². The van der Waals surface area contributed by atoms with Crippen LogP contribution in [0.4, 0.5) is 22.9 Å². The smallest absolute Gasteiger partial charge is 0.276 e. The summed E-state index contributed by atoms with van der Waals surface area (Å²) in [5.74, 6) is 0.365. The van der Waals surface area contributed by atoms with Crippen molar-refractivity contribution >= 4 is 34.4 Å². The Bertz CT molecular complexity index is 1230. The standard InChI is InChI=1S/C24H26N8O/c25-16-8-10-18(11-9-16)29-22-13-20(28-17-5-2-1-3-6-17)23-27-15-21(32(23)31-22)24(33)30-19-7-4-12-26-14-19/h1-7,12-16,18,28H,8-11,25H2,(H,29,31)(H,30,33). The van der Waals surface area contributed by atoms with Crippen molar-refractivity contribution in [1.82, 2.24) is 19.6 Å². The third-order valence-corrected chi connectivity index (χ3v) is 5.80. The van der Waals surface area contributed by atoms with Crippen LogP contribution in [0.2, 0.25) is 0 Å². The van der Waals surface area contributed by atoms with Crippen molar-refractivity contribution in [2.75, 3.05) is 16.0 Å². The Morgan fingerprint density at radius 1 is 1.00 bits per heavy atom. The Morgan fingerprint density at radius 2 is 1.79 bits per heavy atom. The van der Waals surface area contributed by atoms with Crippen LogP contribution in [-0.2, 0) is 0 Å². The molecule has 5 rings (SSSR count). The first-order valence-electron chi connectivity index (χ1n) is 11.1. The molecule has 3 aromatic heterocycles. The number of hydrogen-bond donors (Lipinski definition) is 4. The van der Waals surface area contributed by atoms with Crippen LogP contribution >= 0.6 is 0 Å². The Kier molecular flexibility index (Phi) is 5.86. The monoisotopic (exact) mass is 442 g/mol. The molecule has 1 aliphatic carbocycles. The first-order valence-corrected chi connectivity index (χ1v) is 11.1. The highest BCUT2D eigenvalue weighted by molar-refractivity contribution is 6.03. The number of para-hydroxylation sites is 1. The van der Waals surface area contributed by atoms with E-state index in [2.05, 4.69) is 25.9 Å². The van der Waals surface area contributed by atoms with Gasteiger partial charge in [0.1, 0.15) is 5.82 Å². The molecule has 0 saturated heterocycles. The van der Waals surface area contributed by atoms with Crippen LogP contribution in [0.3, 0.4) is 0 Å². The summed E-state index contributed by atoms with van der Waals surface area (Å²) in [7, 11) is 0. The molecule has 0 spiro atoms. The predicted octanol–water partition coefficient (Wildman–Crippen LogP) is 3.80. The lowest BCUT2D eigenvalue weighted by Crippen LogP contribution is -2.33. The second-order valence-corrected chi connectivity index (χ2v) is 8.26. The summed E-state index contributed by atoms with van der Waals surface area (Å²) >= 11 is 0. The fourth-order valence-corrected chi connectivity index (χ4v) is 4.07. The van der Waals surface area contributed by atoms with Gasteiger partial charge in [0, 0.05) is 30.0 Å². The lowest BCUT2D eigenvalue weighted by molar-refractivity contribution is 0.102. The van der Waals surface area contributed by atoms with E-state index in [4.69, 9.17) is 10.8 Å². The molecule has 1 amide bonds. The highest BCUT2D eigenvalue weighted by Gasteiger charge is 2.21. The third-order valence-electron chi connectivity index (χ3n) is 5.80. The summed E-state index contributed by atoms with van der Waals surface area (Å²) in [5.41, 5.74) is 9.24. The number of amides is 1. The molecule has 5 N–H and O–H groups in total. The molecule has 0 unspecified atom stereocenters. The van der Waals surface area contributed by atoms with Crippen LogP contribution in [0.5, 0.6) is 0 Å². The summed E-state index contributed by atoms with van der Waals surface area (Å²) in [6.45, 7) is 0. The van der Waals surface area contributed by atoms with E-state index in [1.54, 1.807) is 29.0 Å². The minimum Gasteiger partial charge on any atom is -0.366 e. The molecule has 4 aromatic rings. The lowest BCUT2D eigenvalue weighted by atomic mass is 9.92. The van der Waals surface area contributed by atoms with E-state index in [-0.39, 0.29) is 18.0 Å².